The quantitative estimate of drug-likeness (QED) is 0.0125. The molecule has 2 amide bonds. The van der Waals surface area contributed by atoms with Crippen molar-refractivity contribution in [2.45, 2.75) is 198 Å². The second kappa shape index (κ2) is 65.0. The number of carbonyl (C=O) groups excluding carboxylic acids is 19. The van der Waals surface area contributed by atoms with Crippen LogP contribution in [0, 0.1) is 0 Å². The zero-order chi connectivity index (χ0) is 108. The number of Topliss-reactive ketones (excluding diaryl/α,β-unsaturated/α-hetero) is 9. The molecule has 0 aliphatic rings. The van der Waals surface area contributed by atoms with Crippen LogP contribution >= 0.6 is 0 Å². The standard InChI is InChI=1S/C14H17NO4.C13H16N2O4.C13H17NO3.C12H13F2NO3.C12H14N2O4.C12H16N2O3.C12H15NO4S.C12H15NO3/c1-9(16)2-7-13(17)11-5-3-10(4-6-11)8-12(15)14(18)19;1-8(16)7-15-12(17)10-4-2-9(3-5-10)6-11(14)13(18)19;1-9(15)2-3-10-4-6-11(7-5-10)8-12(14)13(16)17;1-7(16)12(13,14)9-4-2-8(3-5-9)6-10(15)11(17)18;1-7(15)11(16)14-9-4-2-8(3-5-9)6-10(13)12(17)18;1-8(15)7-14-10-4-2-9(3-5-10)6-11(13)12(16)17;1-8(14)7-18(17)10-4-2-9(3-5-10)6-11(13)12(15)16;1-8(14)6-9-2-4-10(5-3-9)7-11(13)12(15)16/h3-6,12H,2,7-8,15H2,1H3,(H,18,19);2-5,11H,6-7,14H2,1H3,(H,15,17)(H,18,19);4-7,12H,2-3,8,14H2,1H3,(H,16,17);2-5,10H,6,15H2,1H3,(H,17,18);2-5,10H,6,13H2,1H3,(H,14,16)(H,17,18);2-5,11,14H,6-7,13H2,1H3,(H,16,17);2-5,11H,6-7,13H2,1H3,(H,15,16);2-5,11H,6-7,13H2,1H3,(H,15,16)/t12-;11-;12-;2*10-;11-;11-,18?;11-/m00000000/s1. The zero-order valence-corrected chi connectivity index (χ0v) is 81.0. The van der Waals surface area contributed by atoms with Crippen LogP contribution in [0.25, 0.3) is 0 Å². The Morgan fingerprint density at radius 3 is 0.866 bits per heavy atom. The number of hydrogen-bond donors (Lipinski definition) is 11. The van der Waals surface area contributed by atoms with Gasteiger partial charge in [-0.2, -0.15) is 8.78 Å². The monoisotopic (exact) mass is 2000 g/mol. The summed E-state index contributed by atoms with van der Waals surface area (Å²) in [7, 11) is -1.34. The highest BCUT2D eigenvalue weighted by Crippen LogP contribution is 2.29. The number of alkyl halides is 2. The third-order valence-corrected chi connectivity index (χ3v) is 21.3. The lowest BCUT2D eigenvalue weighted by Crippen LogP contribution is -2.69. The Morgan fingerprint density at radius 2 is 0.585 bits per heavy atom. The number of ketones is 9. The number of aliphatic carboxylic acids is 8. The second-order valence-electron chi connectivity index (χ2n) is 33.0. The molecule has 766 valence electrons. The van der Waals surface area contributed by atoms with Crippen molar-refractivity contribution >= 4 is 134 Å². The molecule has 0 bridgehead atoms. The molecule has 0 saturated heterocycles. The minimum absolute atomic E-state index is 0.00362. The number of halogens is 2. The summed E-state index contributed by atoms with van der Waals surface area (Å²) in [5.74, 6) is -15.9. The van der Waals surface area contributed by atoms with E-state index in [1.807, 2.05) is 60.7 Å². The Morgan fingerprint density at radius 1 is 0.310 bits per heavy atom. The smallest absolute Gasteiger partial charge is 0.330 e. The maximum Gasteiger partial charge on any atom is 0.330 e. The summed E-state index contributed by atoms with van der Waals surface area (Å²) < 4.78 is 38.3. The van der Waals surface area contributed by atoms with E-state index in [0.29, 0.717) is 59.4 Å². The maximum absolute atomic E-state index is 13.3. The van der Waals surface area contributed by atoms with Crippen molar-refractivity contribution in [3.8, 4) is 0 Å². The maximum atomic E-state index is 13.3. The highest BCUT2D eigenvalue weighted by molar-refractivity contribution is 7.85. The van der Waals surface area contributed by atoms with Crippen LogP contribution in [0.3, 0.4) is 0 Å². The number of amides is 2. The molecule has 8 rings (SSSR count). The average Bonchev–Trinajstić information content (AvgIpc) is 0.821. The van der Waals surface area contributed by atoms with Crippen molar-refractivity contribution in [3.63, 3.8) is 0 Å². The molecule has 9 atom stereocenters. The molecule has 0 fully saturated rings. The molecule has 0 heterocycles. The summed E-state index contributed by atoms with van der Waals surface area (Å²) in [5.41, 5.74) is 37.9. The van der Waals surface area contributed by atoms with Gasteiger partial charge in [0.25, 0.3) is 11.8 Å². The Kier molecular flexibility index (Phi) is 57.2. The van der Waals surface area contributed by atoms with Gasteiger partial charge >= 0.3 is 5.92 Å². The number of nitrogens with one attached hydrogen (secondary N) is 3. The van der Waals surface area contributed by atoms with Gasteiger partial charge in [0.15, 0.2) is 5.78 Å². The first-order chi connectivity index (χ1) is 66.3. The first kappa shape index (κ1) is 125. The van der Waals surface area contributed by atoms with E-state index in [0.717, 1.165) is 81.2 Å². The van der Waals surface area contributed by atoms with Crippen molar-refractivity contribution in [1.82, 2.24) is 5.32 Å². The summed E-state index contributed by atoms with van der Waals surface area (Å²) >= 11 is 0. The lowest BCUT2D eigenvalue weighted by molar-refractivity contribution is -0.437. The number of hydrogen-bond acceptors (Lipinski definition) is 29. The van der Waals surface area contributed by atoms with Gasteiger partial charge < -0.3 is 151 Å². The number of quaternary nitrogens is 8. The van der Waals surface area contributed by atoms with Gasteiger partial charge in [-0.1, -0.05) is 146 Å². The predicted octanol–water partition coefficient (Wildman–Crippen LogP) is -10.9. The molecule has 8 aromatic carbocycles. The molecule has 39 nitrogen and oxygen atoms in total. The Hall–Kier alpha value is -15.0. The van der Waals surface area contributed by atoms with Gasteiger partial charge in [0.1, 0.15) is 83.0 Å². The summed E-state index contributed by atoms with van der Waals surface area (Å²) in [6.07, 6.45) is 4.31. The predicted molar refractivity (Wildman–Crippen MR) is 490 cm³/mol. The van der Waals surface area contributed by atoms with E-state index >= 15 is 0 Å². The van der Waals surface area contributed by atoms with Gasteiger partial charge in [0.2, 0.25) is 11.6 Å². The van der Waals surface area contributed by atoms with Crippen molar-refractivity contribution < 1.29 is 191 Å². The molecule has 0 aliphatic carbocycles. The molecule has 27 N–H and O–H groups in total. The first-order valence-corrected chi connectivity index (χ1v) is 45.2. The molecule has 8 aromatic rings. The van der Waals surface area contributed by atoms with E-state index < -0.39 is 136 Å². The van der Waals surface area contributed by atoms with Gasteiger partial charge in [-0.15, -0.1) is 0 Å². The fourth-order valence-corrected chi connectivity index (χ4v) is 12.5. The van der Waals surface area contributed by atoms with E-state index in [1.165, 1.54) is 53.7 Å². The van der Waals surface area contributed by atoms with Crippen LogP contribution in [0.4, 0.5) is 20.2 Å². The molecule has 142 heavy (non-hydrogen) atoms. The number of carboxylic acid groups (broad SMARTS) is 8. The van der Waals surface area contributed by atoms with Crippen LogP contribution in [0.2, 0.25) is 0 Å². The minimum Gasteiger partial charge on any atom is -0.544 e. The van der Waals surface area contributed by atoms with Crippen LogP contribution in [-0.4, -0.2) is 183 Å². The minimum atomic E-state index is -3.52. The number of carboxylic acids is 8. The number of benzene rings is 8. The fraction of sp³-hybridized carbons (Fsp3) is 0.330. The largest absolute Gasteiger partial charge is 0.544 e. The molecule has 0 aliphatic heterocycles. The van der Waals surface area contributed by atoms with E-state index in [1.54, 1.807) is 116 Å². The Labute approximate surface area is 819 Å². The second-order valence-corrected chi connectivity index (χ2v) is 34.5. The van der Waals surface area contributed by atoms with E-state index in [9.17, 15) is 145 Å². The molecule has 0 spiro atoms. The highest BCUT2D eigenvalue weighted by atomic mass is 32.2. The average molecular weight is 2000 g/mol. The molecule has 0 radical (unpaired) electrons. The van der Waals surface area contributed by atoms with Crippen LogP contribution in [0.1, 0.15) is 157 Å². The first-order valence-electron chi connectivity index (χ1n) is 43.9. The molecule has 42 heteroatoms. The van der Waals surface area contributed by atoms with Crippen LogP contribution in [-0.2, 0) is 162 Å². The third-order valence-electron chi connectivity index (χ3n) is 19.8. The van der Waals surface area contributed by atoms with Gasteiger partial charge in [-0.05, 0) is 152 Å². The van der Waals surface area contributed by atoms with Gasteiger partial charge in [-0.3, -0.25) is 47.4 Å². The summed E-state index contributed by atoms with van der Waals surface area (Å²) in [6.45, 7) is 11.1. The Balaban J connectivity index is 0.000000812. The lowest BCUT2D eigenvalue weighted by atomic mass is 10.0. The molecule has 0 saturated carbocycles. The Bertz CT molecular complexity index is 5430. The molecule has 0 aromatic heterocycles. The topological polar surface area (TPSA) is 783 Å². The molecular formula is C100H123F2N11O28S. The summed E-state index contributed by atoms with van der Waals surface area (Å²) in [5, 5.41) is 92.1. The number of aryl methyl sites for hydroxylation is 1. The van der Waals surface area contributed by atoms with Crippen LogP contribution in [0.15, 0.2) is 199 Å². The number of anilines is 2. The third kappa shape index (κ3) is 53.8. The fourth-order valence-electron chi connectivity index (χ4n) is 11.6. The number of carbonyl (C=O) groups is 19. The SMILES string of the molecule is CC(=O)C(=O)Nc1ccc(C[C@H]([NH3+])C(=O)[O-])cc1.CC(=O)C(F)(F)c1ccc(C[C@H]([NH3+])C(=O)[O-])cc1.CC(=O)CCC(=O)c1ccc(C[C@H]([NH3+])C(=O)[O-])cc1.CC(=O)CCc1ccc(C[C@H]([NH3+])C(=O)[O-])cc1.CC(=O)CNC(=O)c1ccc(C[C@H]([NH3+])C(=O)[O-])cc1.CC(=O)CNc1ccc(C[C@H]([NH3+])C(=O)[O-])cc1.CC(=O)CS(=O)c1ccc(C[C@H]([NH3+])C(=O)[O-])cc1.CC(=O)Cc1ccc(C[C@H]([NH3+])C(=O)[O-])cc1. The summed E-state index contributed by atoms with van der Waals surface area (Å²) in [6, 6.07) is 46.9. The van der Waals surface area contributed by atoms with Crippen molar-refractivity contribution in [2.24, 2.45) is 0 Å². The van der Waals surface area contributed by atoms with Gasteiger partial charge in [0.05, 0.1) is 77.4 Å². The van der Waals surface area contributed by atoms with E-state index in [4.69, 9.17) is 0 Å². The number of rotatable bonds is 46. The summed E-state index contributed by atoms with van der Waals surface area (Å²) in [4.78, 5) is 206. The van der Waals surface area contributed by atoms with E-state index in [2.05, 4.69) is 61.8 Å². The van der Waals surface area contributed by atoms with Crippen molar-refractivity contribution in [2.75, 3.05) is 29.5 Å². The highest BCUT2D eigenvalue weighted by Gasteiger charge is 2.37. The van der Waals surface area contributed by atoms with Gasteiger partial charge in [0, 0.05) is 124 Å². The van der Waals surface area contributed by atoms with E-state index in [-0.39, 0.29) is 110 Å². The van der Waals surface area contributed by atoms with Gasteiger partial charge in [-0.25, -0.2) is 0 Å². The van der Waals surface area contributed by atoms with Crippen LogP contribution < -0.4 is 103 Å². The normalized spacial score (nSPS) is 12.3. The zero-order valence-electron chi connectivity index (χ0n) is 80.2. The van der Waals surface area contributed by atoms with Crippen LogP contribution in [0.5, 0.6) is 0 Å². The molecular weight excluding hydrogens is 1870 g/mol. The van der Waals surface area contributed by atoms with Crippen molar-refractivity contribution in [3.05, 3.63) is 266 Å². The lowest BCUT2D eigenvalue weighted by Gasteiger charge is -2.14. The van der Waals surface area contributed by atoms with Crippen molar-refractivity contribution in [1.29, 1.82) is 0 Å². The molecule has 1 unspecified atom stereocenters.